The van der Waals surface area contributed by atoms with Crippen LogP contribution in [0.3, 0.4) is 0 Å². The summed E-state index contributed by atoms with van der Waals surface area (Å²) in [5, 5.41) is 4.71. The molecule has 1 aromatic heterocycles. The normalized spacial score (nSPS) is 10.8. The number of benzene rings is 2. The highest BCUT2D eigenvalue weighted by atomic mass is 15.3. The first-order chi connectivity index (χ1) is 10.2. The topological polar surface area (TPSA) is 43.8 Å². The summed E-state index contributed by atoms with van der Waals surface area (Å²) in [4.78, 5) is 0. The molecule has 2 aromatic carbocycles. The van der Waals surface area contributed by atoms with Gasteiger partial charge < -0.3 is 5.73 Å². The lowest BCUT2D eigenvalue weighted by Crippen LogP contribution is -2.00. The van der Waals surface area contributed by atoms with Crippen molar-refractivity contribution in [1.29, 1.82) is 0 Å². The largest absolute Gasteiger partial charge is 0.326 e. The van der Waals surface area contributed by atoms with Gasteiger partial charge in [0, 0.05) is 17.8 Å². The van der Waals surface area contributed by atoms with Crippen LogP contribution in [0.15, 0.2) is 54.6 Å². The number of rotatable bonds is 3. The van der Waals surface area contributed by atoms with Gasteiger partial charge >= 0.3 is 0 Å². The molecule has 0 spiro atoms. The van der Waals surface area contributed by atoms with E-state index in [9.17, 15) is 0 Å². The van der Waals surface area contributed by atoms with Gasteiger partial charge in [0.05, 0.1) is 11.4 Å². The lowest BCUT2D eigenvalue weighted by atomic mass is 9.98. The number of hydrogen-bond acceptors (Lipinski definition) is 2. The van der Waals surface area contributed by atoms with Gasteiger partial charge in [0.1, 0.15) is 0 Å². The molecule has 0 fully saturated rings. The first-order valence-electron chi connectivity index (χ1n) is 7.12. The Morgan fingerprint density at radius 1 is 0.952 bits per heavy atom. The highest BCUT2D eigenvalue weighted by Gasteiger charge is 2.16. The van der Waals surface area contributed by atoms with Gasteiger partial charge in [-0.3, -0.25) is 0 Å². The lowest BCUT2D eigenvalue weighted by molar-refractivity contribution is 0.834. The van der Waals surface area contributed by atoms with Gasteiger partial charge in [-0.1, -0.05) is 42.5 Å². The standard InChI is InChI=1S/C18H19N3/c1-13-18(17-11-7-6-8-15(17)12-19)14(2)21(20-13)16-9-4-3-5-10-16/h3-11H,12,19H2,1-2H3. The Morgan fingerprint density at radius 2 is 1.62 bits per heavy atom. The number of nitrogens with zero attached hydrogens (tertiary/aromatic N) is 2. The Kier molecular flexibility index (Phi) is 3.59. The molecule has 0 bridgehead atoms. The predicted molar refractivity (Wildman–Crippen MR) is 86.4 cm³/mol. The summed E-state index contributed by atoms with van der Waals surface area (Å²) in [5.41, 5.74) is 12.6. The van der Waals surface area contributed by atoms with E-state index in [2.05, 4.69) is 38.1 Å². The van der Waals surface area contributed by atoms with Crippen LogP contribution in [0.1, 0.15) is 17.0 Å². The molecule has 3 heteroatoms. The Bertz CT molecular complexity index is 757. The monoisotopic (exact) mass is 277 g/mol. The number of nitrogens with two attached hydrogens (primary N) is 1. The summed E-state index contributed by atoms with van der Waals surface area (Å²) in [5.74, 6) is 0. The second-order valence-electron chi connectivity index (χ2n) is 5.15. The third kappa shape index (κ3) is 2.36. The van der Waals surface area contributed by atoms with Crippen LogP contribution in [-0.4, -0.2) is 9.78 Å². The molecular weight excluding hydrogens is 258 g/mol. The van der Waals surface area contributed by atoms with Crippen molar-refractivity contribution in [2.24, 2.45) is 5.73 Å². The van der Waals surface area contributed by atoms with Crippen LogP contribution in [0.2, 0.25) is 0 Å². The minimum absolute atomic E-state index is 0.533. The van der Waals surface area contributed by atoms with Crippen molar-refractivity contribution in [3.8, 4) is 16.8 Å². The third-order valence-corrected chi connectivity index (χ3v) is 3.80. The van der Waals surface area contributed by atoms with Gasteiger partial charge in [0.2, 0.25) is 0 Å². The Hall–Kier alpha value is -2.39. The van der Waals surface area contributed by atoms with Crippen LogP contribution in [0.4, 0.5) is 0 Å². The average Bonchev–Trinajstić information content (AvgIpc) is 2.83. The Balaban J connectivity index is 2.19. The number of aromatic nitrogens is 2. The first-order valence-corrected chi connectivity index (χ1v) is 7.12. The molecule has 3 aromatic rings. The van der Waals surface area contributed by atoms with E-state index in [1.165, 1.54) is 11.1 Å². The van der Waals surface area contributed by atoms with E-state index in [0.29, 0.717) is 6.54 Å². The SMILES string of the molecule is Cc1nn(-c2ccccc2)c(C)c1-c1ccccc1CN. The zero-order chi connectivity index (χ0) is 14.8. The lowest BCUT2D eigenvalue weighted by Gasteiger charge is -2.09. The fraction of sp³-hybridized carbons (Fsp3) is 0.167. The maximum Gasteiger partial charge on any atom is 0.0679 e. The van der Waals surface area contributed by atoms with E-state index in [4.69, 9.17) is 10.8 Å². The molecule has 2 N–H and O–H groups in total. The molecule has 3 nitrogen and oxygen atoms in total. The van der Waals surface area contributed by atoms with Gasteiger partial charge in [-0.2, -0.15) is 5.10 Å². The molecule has 106 valence electrons. The first kappa shape index (κ1) is 13.6. The van der Waals surface area contributed by atoms with E-state index >= 15 is 0 Å². The maximum atomic E-state index is 5.88. The van der Waals surface area contributed by atoms with Crippen molar-refractivity contribution in [3.05, 3.63) is 71.5 Å². The minimum Gasteiger partial charge on any atom is -0.326 e. The van der Waals surface area contributed by atoms with Gasteiger partial charge in [0.15, 0.2) is 0 Å². The van der Waals surface area contributed by atoms with E-state index < -0.39 is 0 Å². The molecule has 0 aliphatic heterocycles. The minimum atomic E-state index is 0.533. The van der Waals surface area contributed by atoms with Gasteiger partial charge in [-0.05, 0) is 37.1 Å². The quantitative estimate of drug-likeness (QED) is 0.794. The molecule has 0 saturated carbocycles. The molecule has 0 atom stereocenters. The Morgan fingerprint density at radius 3 is 2.33 bits per heavy atom. The molecule has 0 aliphatic carbocycles. The second-order valence-corrected chi connectivity index (χ2v) is 5.15. The maximum absolute atomic E-state index is 5.88. The summed E-state index contributed by atoms with van der Waals surface area (Å²) in [7, 11) is 0. The zero-order valence-corrected chi connectivity index (χ0v) is 12.4. The molecule has 0 saturated heterocycles. The zero-order valence-electron chi connectivity index (χ0n) is 12.4. The van der Waals surface area contributed by atoms with Crippen LogP contribution >= 0.6 is 0 Å². The number of aryl methyl sites for hydroxylation is 1. The van der Waals surface area contributed by atoms with Crippen LogP contribution in [-0.2, 0) is 6.54 Å². The smallest absolute Gasteiger partial charge is 0.0679 e. The highest BCUT2D eigenvalue weighted by Crippen LogP contribution is 2.31. The fourth-order valence-corrected chi connectivity index (χ4v) is 2.80. The summed E-state index contributed by atoms with van der Waals surface area (Å²) in [6, 6.07) is 18.5. The summed E-state index contributed by atoms with van der Waals surface area (Å²) < 4.78 is 2.00. The van der Waals surface area contributed by atoms with Crippen molar-refractivity contribution < 1.29 is 0 Å². The van der Waals surface area contributed by atoms with Gasteiger partial charge in [0.25, 0.3) is 0 Å². The molecular formula is C18H19N3. The van der Waals surface area contributed by atoms with Crippen LogP contribution in [0.25, 0.3) is 16.8 Å². The molecule has 3 rings (SSSR count). The number of para-hydroxylation sites is 1. The van der Waals surface area contributed by atoms with E-state index in [1.54, 1.807) is 0 Å². The van der Waals surface area contributed by atoms with E-state index in [0.717, 1.165) is 22.6 Å². The second kappa shape index (κ2) is 5.54. The average molecular weight is 277 g/mol. The van der Waals surface area contributed by atoms with Crippen LogP contribution in [0, 0.1) is 13.8 Å². The van der Waals surface area contributed by atoms with Crippen LogP contribution < -0.4 is 5.73 Å². The van der Waals surface area contributed by atoms with Crippen molar-refractivity contribution in [3.63, 3.8) is 0 Å². The molecule has 21 heavy (non-hydrogen) atoms. The van der Waals surface area contributed by atoms with Crippen molar-refractivity contribution in [2.45, 2.75) is 20.4 Å². The molecule has 0 amide bonds. The van der Waals surface area contributed by atoms with Crippen molar-refractivity contribution in [2.75, 3.05) is 0 Å². The molecule has 1 heterocycles. The van der Waals surface area contributed by atoms with Gasteiger partial charge in [-0.15, -0.1) is 0 Å². The summed E-state index contributed by atoms with van der Waals surface area (Å²) in [6.45, 7) is 4.69. The third-order valence-electron chi connectivity index (χ3n) is 3.80. The molecule has 0 radical (unpaired) electrons. The fourth-order valence-electron chi connectivity index (χ4n) is 2.80. The number of hydrogen-bond donors (Lipinski definition) is 1. The van der Waals surface area contributed by atoms with Crippen LogP contribution in [0.5, 0.6) is 0 Å². The summed E-state index contributed by atoms with van der Waals surface area (Å²) >= 11 is 0. The highest BCUT2D eigenvalue weighted by molar-refractivity contribution is 5.72. The van der Waals surface area contributed by atoms with Crippen molar-refractivity contribution >= 4 is 0 Å². The predicted octanol–water partition coefficient (Wildman–Crippen LogP) is 3.61. The molecule has 0 unspecified atom stereocenters. The van der Waals surface area contributed by atoms with Gasteiger partial charge in [-0.25, -0.2) is 4.68 Å². The Labute approximate surface area is 125 Å². The van der Waals surface area contributed by atoms with E-state index in [-0.39, 0.29) is 0 Å². The summed E-state index contributed by atoms with van der Waals surface area (Å²) in [6.07, 6.45) is 0. The van der Waals surface area contributed by atoms with E-state index in [1.807, 2.05) is 35.0 Å². The van der Waals surface area contributed by atoms with Crippen molar-refractivity contribution in [1.82, 2.24) is 9.78 Å². The molecule has 0 aliphatic rings.